The molecule has 2 aromatic rings. The van der Waals surface area contributed by atoms with E-state index >= 15 is 0 Å². The van der Waals surface area contributed by atoms with E-state index in [1.54, 1.807) is 12.1 Å². The lowest BCUT2D eigenvalue weighted by Crippen LogP contribution is -1.98. The zero-order chi connectivity index (χ0) is 10.7. The Bertz CT molecular complexity index is 475. The van der Waals surface area contributed by atoms with E-state index in [1.165, 1.54) is 6.07 Å². The standard InChI is InChI=1S/C13H9O2/c14-13(15)12-9-5-4-8-11(12)10-6-2-1-3-7-10/h1-4,6-9H,(H,14,15). The summed E-state index contributed by atoms with van der Waals surface area (Å²) in [5.41, 5.74) is 1.91. The molecular formula is C13H9O2. The van der Waals surface area contributed by atoms with Crippen molar-refractivity contribution in [3.63, 3.8) is 0 Å². The van der Waals surface area contributed by atoms with Crippen LogP contribution in [-0.2, 0) is 0 Å². The van der Waals surface area contributed by atoms with E-state index in [1.807, 2.05) is 30.3 Å². The highest BCUT2D eigenvalue weighted by Gasteiger charge is 2.09. The van der Waals surface area contributed by atoms with Gasteiger partial charge in [0.05, 0.1) is 5.56 Å². The first-order chi connectivity index (χ1) is 7.29. The molecule has 0 saturated heterocycles. The predicted molar refractivity (Wildman–Crippen MR) is 57.7 cm³/mol. The molecule has 0 aliphatic heterocycles. The van der Waals surface area contributed by atoms with Crippen LogP contribution < -0.4 is 0 Å². The number of benzene rings is 2. The van der Waals surface area contributed by atoms with Gasteiger partial charge in [-0.05, 0) is 23.3 Å². The van der Waals surface area contributed by atoms with E-state index in [4.69, 9.17) is 5.11 Å². The molecule has 1 N–H and O–H groups in total. The second kappa shape index (κ2) is 3.96. The van der Waals surface area contributed by atoms with Crippen molar-refractivity contribution in [2.24, 2.45) is 0 Å². The molecule has 73 valence electrons. The second-order valence-corrected chi connectivity index (χ2v) is 3.14. The fourth-order valence-corrected chi connectivity index (χ4v) is 1.48. The van der Waals surface area contributed by atoms with Crippen LogP contribution in [0.25, 0.3) is 11.1 Å². The Morgan fingerprint density at radius 1 is 1.13 bits per heavy atom. The average molecular weight is 197 g/mol. The van der Waals surface area contributed by atoms with Gasteiger partial charge in [-0.15, -0.1) is 0 Å². The lowest BCUT2D eigenvalue weighted by atomic mass is 10.00. The highest BCUT2D eigenvalue weighted by atomic mass is 16.4. The Kier molecular flexibility index (Phi) is 2.50. The Balaban J connectivity index is 2.58. The molecule has 0 saturated carbocycles. The monoisotopic (exact) mass is 197 g/mol. The molecule has 2 heteroatoms. The molecule has 15 heavy (non-hydrogen) atoms. The summed E-state index contributed by atoms with van der Waals surface area (Å²) in [5.74, 6) is -0.925. The molecule has 2 nitrogen and oxygen atoms in total. The van der Waals surface area contributed by atoms with Gasteiger partial charge in [0.15, 0.2) is 0 Å². The van der Waals surface area contributed by atoms with Crippen LogP contribution in [0.2, 0.25) is 0 Å². The van der Waals surface area contributed by atoms with Crippen molar-refractivity contribution in [3.8, 4) is 11.1 Å². The third-order valence-corrected chi connectivity index (χ3v) is 2.18. The summed E-state index contributed by atoms with van der Waals surface area (Å²) < 4.78 is 0. The molecular weight excluding hydrogens is 188 g/mol. The van der Waals surface area contributed by atoms with Crippen molar-refractivity contribution in [3.05, 3.63) is 60.2 Å². The third kappa shape index (κ3) is 1.89. The lowest BCUT2D eigenvalue weighted by molar-refractivity contribution is 0.0697. The molecule has 0 heterocycles. The summed E-state index contributed by atoms with van der Waals surface area (Å²) in [6.45, 7) is 0. The number of hydrogen-bond acceptors (Lipinski definition) is 1. The zero-order valence-electron chi connectivity index (χ0n) is 7.97. The maximum Gasteiger partial charge on any atom is 0.336 e. The highest BCUT2D eigenvalue weighted by molar-refractivity contribution is 5.95. The van der Waals surface area contributed by atoms with Crippen molar-refractivity contribution in [1.82, 2.24) is 0 Å². The van der Waals surface area contributed by atoms with Gasteiger partial charge in [0, 0.05) is 0 Å². The van der Waals surface area contributed by atoms with Crippen LogP contribution in [0.5, 0.6) is 0 Å². The first kappa shape index (κ1) is 9.46. The summed E-state index contributed by atoms with van der Waals surface area (Å²) in [6, 6.07) is 17.2. The molecule has 0 amide bonds. The summed E-state index contributed by atoms with van der Waals surface area (Å²) >= 11 is 0. The molecule has 0 spiro atoms. The maximum atomic E-state index is 11.0. The van der Waals surface area contributed by atoms with Crippen LogP contribution in [0.15, 0.2) is 48.5 Å². The normalized spacial score (nSPS) is 9.87. The fraction of sp³-hybridized carbons (Fsp3) is 0. The number of aromatic carboxylic acids is 1. The largest absolute Gasteiger partial charge is 0.478 e. The van der Waals surface area contributed by atoms with Crippen LogP contribution in [-0.4, -0.2) is 11.1 Å². The minimum absolute atomic E-state index is 0.281. The van der Waals surface area contributed by atoms with Crippen LogP contribution >= 0.6 is 0 Å². The lowest BCUT2D eigenvalue weighted by Gasteiger charge is -2.04. The molecule has 0 bridgehead atoms. The minimum Gasteiger partial charge on any atom is -0.478 e. The SMILES string of the molecule is O=C(O)c1c[c]ccc1-c1ccccc1. The van der Waals surface area contributed by atoms with Crippen molar-refractivity contribution >= 4 is 5.97 Å². The Hall–Kier alpha value is -2.09. The number of hydrogen-bond donors (Lipinski definition) is 1. The summed E-state index contributed by atoms with van der Waals surface area (Å²) in [5, 5.41) is 9.01. The van der Waals surface area contributed by atoms with Gasteiger partial charge in [-0.2, -0.15) is 0 Å². The molecule has 0 fully saturated rings. The van der Waals surface area contributed by atoms with Gasteiger partial charge in [-0.25, -0.2) is 4.79 Å². The van der Waals surface area contributed by atoms with Gasteiger partial charge in [0.25, 0.3) is 0 Å². The summed E-state index contributed by atoms with van der Waals surface area (Å²) in [4.78, 5) is 11.0. The van der Waals surface area contributed by atoms with Gasteiger partial charge in [-0.1, -0.05) is 42.5 Å². The topological polar surface area (TPSA) is 37.3 Å². The quantitative estimate of drug-likeness (QED) is 0.803. The summed E-state index contributed by atoms with van der Waals surface area (Å²) in [6.07, 6.45) is 0. The minimum atomic E-state index is -0.925. The average Bonchev–Trinajstić information content (AvgIpc) is 2.30. The molecule has 2 rings (SSSR count). The zero-order valence-corrected chi connectivity index (χ0v) is 7.97. The molecule has 0 aliphatic rings. The van der Waals surface area contributed by atoms with Crippen molar-refractivity contribution < 1.29 is 9.90 Å². The first-order valence-corrected chi connectivity index (χ1v) is 4.58. The third-order valence-electron chi connectivity index (χ3n) is 2.18. The van der Waals surface area contributed by atoms with Crippen LogP contribution in [0.3, 0.4) is 0 Å². The first-order valence-electron chi connectivity index (χ1n) is 4.58. The van der Waals surface area contributed by atoms with Crippen molar-refractivity contribution in [1.29, 1.82) is 0 Å². The molecule has 1 radical (unpaired) electrons. The van der Waals surface area contributed by atoms with Crippen LogP contribution in [0, 0.1) is 6.07 Å². The predicted octanol–water partition coefficient (Wildman–Crippen LogP) is 2.85. The second-order valence-electron chi connectivity index (χ2n) is 3.14. The number of rotatable bonds is 2. The fourth-order valence-electron chi connectivity index (χ4n) is 1.48. The number of carboxylic acid groups (broad SMARTS) is 1. The smallest absolute Gasteiger partial charge is 0.336 e. The Morgan fingerprint density at radius 2 is 1.87 bits per heavy atom. The van der Waals surface area contributed by atoms with E-state index in [9.17, 15) is 4.79 Å². The number of carboxylic acids is 1. The molecule has 0 aromatic heterocycles. The van der Waals surface area contributed by atoms with E-state index in [0.29, 0.717) is 0 Å². The van der Waals surface area contributed by atoms with Gasteiger partial charge >= 0.3 is 5.97 Å². The van der Waals surface area contributed by atoms with E-state index in [0.717, 1.165) is 11.1 Å². The Morgan fingerprint density at radius 3 is 2.53 bits per heavy atom. The van der Waals surface area contributed by atoms with Crippen molar-refractivity contribution in [2.45, 2.75) is 0 Å². The van der Waals surface area contributed by atoms with Crippen LogP contribution in [0.4, 0.5) is 0 Å². The molecule has 0 unspecified atom stereocenters. The maximum absolute atomic E-state index is 11.0. The van der Waals surface area contributed by atoms with Gasteiger partial charge in [-0.3, -0.25) is 0 Å². The van der Waals surface area contributed by atoms with Gasteiger partial charge in [0.2, 0.25) is 0 Å². The summed E-state index contributed by atoms with van der Waals surface area (Å²) in [7, 11) is 0. The van der Waals surface area contributed by atoms with E-state index in [-0.39, 0.29) is 5.56 Å². The highest BCUT2D eigenvalue weighted by Crippen LogP contribution is 2.22. The number of carbonyl (C=O) groups is 1. The Labute approximate surface area is 87.8 Å². The van der Waals surface area contributed by atoms with Gasteiger partial charge in [0.1, 0.15) is 0 Å². The van der Waals surface area contributed by atoms with Gasteiger partial charge < -0.3 is 5.11 Å². The molecule has 2 aromatic carbocycles. The van der Waals surface area contributed by atoms with E-state index < -0.39 is 5.97 Å². The van der Waals surface area contributed by atoms with E-state index in [2.05, 4.69) is 6.07 Å². The molecule has 0 aliphatic carbocycles. The molecule has 0 atom stereocenters. The van der Waals surface area contributed by atoms with Crippen LogP contribution in [0.1, 0.15) is 10.4 Å². The van der Waals surface area contributed by atoms with Crippen molar-refractivity contribution in [2.75, 3.05) is 0 Å².